The van der Waals surface area contributed by atoms with E-state index >= 15 is 0 Å². The molecule has 1 amide bonds. The van der Waals surface area contributed by atoms with E-state index in [1.54, 1.807) is 0 Å². The van der Waals surface area contributed by atoms with Crippen LogP contribution in [0.4, 0.5) is 4.79 Å². The first kappa shape index (κ1) is 28.0. The fourth-order valence-corrected chi connectivity index (χ4v) is 9.01. The Bertz CT molecular complexity index is 1070. The molecule has 1 aliphatic heterocycles. The van der Waals surface area contributed by atoms with E-state index in [1.165, 1.54) is 10.5 Å². The number of oxime groups is 1. The number of carbonyl (C=O) groups is 4. The summed E-state index contributed by atoms with van der Waals surface area (Å²) in [6.07, 6.45) is 10.5. The van der Waals surface area contributed by atoms with Crippen LogP contribution in [0.25, 0.3) is 0 Å². The molecular weight excluding hydrogens is 498 g/mol. The Balaban J connectivity index is 1.24. The molecule has 0 radical (unpaired) electrons. The highest BCUT2D eigenvalue weighted by Gasteiger charge is 2.59. The van der Waals surface area contributed by atoms with Crippen LogP contribution in [0.2, 0.25) is 0 Å². The lowest BCUT2D eigenvalue weighted by atomic mass is 9.46. The molecule has 1 unspecified atom stereocenters. The van der Waals surface area contributed by atoms with Crippen LogP contribution < -0.4 is 5.32 Å². The molecule has 0 aromatic heterocycles. The first-order chi connectivity index (χ1) is 18.7. The maximum Gasteiger partial charge on any atom is 0.438 e. The molecule has 5 aliphatic rings. The average Bonchev–Trinajstić information content (AvgIpc) is 3.49. The van der Waals surface area contributed by atoms with Crippen LogP contribution in [0.5, 0.6) is 0 Å². The van der Waals surface area contributed by atoms with E-state index < -0.39 is 6.09 Å². The van der Waals surface area contributed by atoms with Gasteiger partial charge < -0.3 is 10.1 Å². The number of nitrogens with zero attached hydrogens (tertiary/aromatic N) is 2. The minimum Gasteiger partial charge on any atom is -0.446 e. The van der Waals surface area contributed by atoms with E-state index in [-0.39, 0.29) is 41.8 Å². The monoisotopic (exact) mass is 541 g/mol. The summed E-state index contributed by atoms with van der Waals surface area (Å²) in [4.78, 5) is 54.3. The highest BCUT2D eigenvalue weighted by Crippen LogP contribution is 2.66. The molecule has 1 heterocycles. The third-order valence-corrected chi connectivity index (χ3v) is 11.1. The number of ketones is 2. The van der Waals surface area contributed by atoms with Crippen molar-refractivity contribution in [2.75, 3.05) is 19.8 Å². The van der Waals surface area contributed by atoms with Gasteiger partial charge in [0.2, 0.25) is 0 Å². The molecule has 0 spiro atoms. The smallest absolute Gasteiger partial charge is 0.438 e. The van der Waals surface area contributed by atoms with Crippen LogP contribution in [0.3, 0.4) is 0 Å². The quantitative estimate of drug-likeness (QED) is 0.159. The summed E-state index contributed by atoms with van der Waals surface area (Å²) in [6.45, 7) is 7.67. The van der Waals surface area contributed by atoms with Crippen molar-refractivity contribution in [2.45, 2.75) is 91.0 Å². The number of fused-ring (bicyclic) bond motifs is 5. The third kappa shape index (κ3) is 5.19. The molecular formula is C30H43N3O6. The second-order valence-corrected chi connectivity index (χ2v) is 12.9. The molecule has 9 heteroatoms. The van der Waals surface area contributed by atoms with E-state index in [0.29, 0.717) is 55.8 Å². The van der Waals surface area contributed by atoms with Gasteiger partial charge in [-0.2, -0.15) is 0 Å². The Morgan fingerprint density at radius 3 is 2.69 bits per heavy atom. The van der Waals surface area contributed by atoms with Gasteiger partial charge in [0.05, 0.1) is 11.8 Å². The lowest BCUT2D eigenvalue weighted by Gasteiger charge is -2.58. The van der Waals surface area contributed by atoms with Crippen LogP contribution in [0.1, 0.15) is 85.0 Å². The number of rotatable bonds is 8. The molecule has 4 aliphatic carbocycles. The van der Waals surface area contributed by atoms with Gasteiger partial charge in [-0.25, -0.2) is 4.79 Å². The van der Waals surface area contributed by atoms with Gasteiger partial charge in [0.1, 0.15) is 0 Å². The van der Waals surface area contributed by atoms with Crippen LogP contribution in [-0.4, -0.2) is 60.6 Å². The van der Waals surface area contributed by atoms with Gasteiger partial charge in [-0.1, -0.05) is 24.6 Å². The number of nitrogens with one attached hydrogen (secondary N) is 1. The molecule has 5 rings (SSSR count). The standard InChI is InChI=1S/C30H43N3O6/c1-19(32-39-28(37)33(17-38-18-34)15-11-26-27(36)10-14-31-26)23-6-7-24-22-5-4-20-16-21(35)8-12-29(20,2)25(22)9-13-30(23,24)3/h16,18,22-26,31H,4-15,17H2,1-3H3/b32-19+/t22-,23+,24-,25-,26?,29-,30+/m0/s1. The molecule has 0 aromatic rings. The molecule has 1 N–H and O–H groups in total. The highest BCUT2D eigenvalue weighted by molar-refractivity contribution is 5.91. The SMILES string of the molecule is C/C(=N\OC(=O)N(CCC1NCCC1=O)COC=O)[C@H]1CC[C@H]2[C@@H]3CCC4=CC(=O)CC[C@]4(C)[C@H]3CC[C@]12C. The van der Waals surface area contributed by atoms with Crippen molar-refractivity contribution >= 4 is 29.8 Å². The zero-order chi connectivity index (χ0) is 27.8. The number of amides is 1. The Labute approximate surface area is 231 Å². The summed E-state index contributed by atoms with van der Waals surface area (Å²) < 4.78 is 4.82. The molecule has 39 heavy (non-hydrogen) atoms. The molecule has 214 valence electrons. The van der Waals surface area contributed by atoms with E-state index in [1.807, 2.05) is 13.0 Å². The molecule has 7 atom stereocenters. The first-order valence-corrected chi connectivity index (χ1v) is 14.7. The van der Waals surface area contributed by atoms with Gasteiger partial charge >= 0.3 is 6.09 Å². The molecule has 1 saturated heterocycles. The third-order valence-electron chi connectivity index (χ3n) is 11.1. The van der Waals surface area contributed by atoms with E-state index in [4.69, 9.17) is 9.57 Å². The Kier molecular flexibility index (Phi) is 8.00. The lowest BCUT2D eigenvalue weighted by molar-refractivity contribution is -0.132. The van der Waals surface area contributed by atoms with Crippen LogP contribution >= 0.6 is 0 Å². The fraction of sp³-hybridized carbons (Fsp3) is 0.767. The second-order valence-electron chi connectivity index (χ2n) is 12.9. The van der Waals surface area contributed by atoms with Gasteiger partial charge in [0, 0.05) is 31.8 Å². The van der Waals surface area contributed by atoms with Crippen LogP contribution in [0.15, 0.2) is 16.8 Å². The average molecular weight is 542 g/mol. The number of allylic oxidation sites excluding steroid dienone is 1. The van der Waals surface area contributed by atoms with Crippen molar-refractivity contribution in [2.24, 2.45) is 39.7 Å². The molecule has 9 nitrogen and oxygen atoms in total. The molecule has 3 saturated carbocycles. The first-order valence-electron chi connectivity index (χ1n) is 14.7. The fourth-order valence-electron chi connectivity index (χ4n) is 9.01. The van der Waals surface area contributed by atoms with E-state index in [2.05, 4.69) is 24.3 Å². The number of ether oxygens (including phenoxy) is 1. The van der Waals surface area contributed by atoms with Crippen molar-refractivity contribution in [3.05, 3.63) is 11.6 Å². The van der Waals surface area contributed by atoms with Crippen molar-refractivity contribution in [3.8, 4) is 0 Å². The number of Topliss-reactive ketones (excluding diaryl/α,β-unsaturated/α-hetero) is 1. The van der Waals surface area contributed by atoms with Crippen LogP contribution in [-0.2, 0) is 24.0 Å². The summed E-state index contributed by atoms with van der Waals surface area (Å²) in [5.74, 6) is 2.56. The minimum atomic E-state index is -0.684. The van der Waals surface area contributed by atoms with Crippen molar-refractivity contribution in [1.82, 2.24) is 10.2 Å². The molecule has 0 aromatic carbocycles. The summed E-state index contributed by atoms with van der Waals surface area (Å²) in [7, 11) is 0. The van der Waals surface area contributed by atoms with E-state index in [0.717, 1.165) is 50.7 Å². The van der Waals surface area contributed by atoms with Gasteiger partial charge in [-0.15, -0.1) is 0 Å². The maximum atomic E-state index is 12.9. The Morgan fingerprint density at radius 2 is 1.95 bits per heavy atom. The summed E-state index contributed by atoms with van der Waals surface area (Å²) in [5.41, 5.74) is 2.49. The molecule has 0 bridgehead atoms. The van der Waals surface area contributed by atoms with Crippen molar-refractivity contribution in [3.63, 3.8) is 0 Å². The number of carbonyl (C=O) groups excluding carboxylic acids is 4. The summed E-state index contributed by atoms with van der Waals surface area (Å²) in [6, 6.07) is -0.296. The molecule has 4 fully saturated rings. The van der Waals surface area contributed by atoms with Gasteiger partial charge in [0.25, 0.3) is 6.47 Å². The van der Waals surface area contributed by atoms with Crippen LogP contribution in [0, 0.1) is 34.5 Å². The zero-order valence-corrected chi connectivity index (χ0v) is 23.6. The second kappa shape index (κ2) is 11.1. The normalized spacial score (nSPS) is 37.9. The maximum absolute atomic E-state index is 12.9. The van der Waals surface area contributed by atoms with Crippen molar-refractivity contribution < 1.29 is 28.8 Å². The predicted molar refractivity (Wildman–Crippen MR) is 145 cm³/mol. The number of hydrogen-bond donors (Lipinski definition) is 1. The predicted octanol–water partition coefficient (Wildman–Crippen LogP) is 4.40. The van der Waals surface area contributed by atoms with Gasteiger partial charge in [0.15, 0.2) is 18.3 Å². The summed E-state index contributed by atoms with van der Waals surface area (Å²) >= 11 is 0. The largest absolute Gasteiger partial charge is 0.446 e. The Morgan fingerprint density at radius 1 is 1.13 bits per heavy atom. The Hall–Kier alpha value is -2.55. The lowest BCUT2D eigenvalue weighted by Crippen LogP contribution is -2.51. The van der Waals surface area contributed by atoms with Gasteiger partial charge in [-0.05, 0) is 93.0 Å². The topological polar surface area (TPSA) is 114 Å². The number of hydrogen-bond acceptors (Lipinski definition) is 8. The minimum absolute atomic E-state index is 0.109. The van der Waals surface area contributed by atoms with Gasteiger partial charge in [-0.3, -0.25) is 24.1 Å². The highest BCUT2D eigenvalue weighted by atomic mass is 16.7. The zero-order valence-electron chi connectivity index (χ0n) is 23.6. The van der Waals surface area contributed by atoms with Crippen molar-refractivity contribution in [1.29, 1.82) is 0 Å². The summed E-state index contributed by atoms with van der Waals surface area (Å²) in [5, 5.41) is 7.44. The van der Waals surface area contributed by atoms with E-state index in [9.17, 15) is 19.2 Å².